The van der Waals surface area contributed by atoms with Gasteiger partial charge < -0.3 is 9.52 Å². The Hall–Kier alpha value is -6.17. The van der Waals surface area contributed by atoms with E-state index in [9.17, 15) is 28.7 Å². The Labute approximate surface area is 325 Å². The Bertz CT molecular complexity index is 2450. The second kappa shape index (κ2) is 13.5. The first kappa shape index (κ1) is 35.5. The number of nitrogens with one attached hydrogen (secondary N) is 1. The molecule has 0 spiro atoms. The summed E-state index contributed by atoms with van der Waals surface area (Å²) in [6, 6.07) is 30.4. The Balaban J connectivity index is 1.14. The Kier molecular flexibility index (Phi) is 8.59. The summed E-state index contributed by atoms with van der Waals surface area (Å²) in [5.41, 5.74) is 4.00. The average Bonchev–Trinajstić information content (AvgIpc) is 3.86. The van der Waals surface area contributed by atoms with Gasteiger partial charge in [-0.05, 0) is 97.1 Å². The smallest absolute Gasteiger partial charge is 0.260 e. The summed E-state index contributed by atoms with van der Waals surface area (Å²) >= 11 is 6.34. The van der Waals surface area contributed by atoms with Crippen molar-refractivity contribution in [3.05, 3.63) is 166 Å². The van der Waals surface area contributed by atoms with Crippen molar-refractivity contribution in [3.8, 4) is 0 Å². The predicted octanol–water partition coefficient (Wildman–Crippen LogP) is 6.98. The van der Waals surface area contributed by atoms with Crippen LogP contribution in [0.5, 0.6) is 0 Å². The Morgan fingerprint density at radius 1 is 0.821 bits per heavy atom. The van der Waals surface area contributed by atoms with Gasteiger partial charge in [-0.15, -0.1) is 0 Å². The van der Waals surface area contributed by atoms with Crippen molar-refractivity contribution >= 4 is 52.4 Å². The number of anilines is 2. The van der Waals surface area contributed by atoms with Gasteiger partial charge >= 0.3 is 0 Å². The van der Waals surface area contributed by atoms with Crippen molar-refractivity contribution < 1.29 is 37.9 Å². The molecule has 3 heterocycles. The van der Waals surface area contributed by atoms with Gasteiger partial charge in [-0.3, -0.25) is 34.3 Å². The molecule has 4 aromatic carbocycles. The van der Waals surface area contributed by atoms with Crippen LogP contribution in [0.1, 0.15) is 51.8 Å². The summed E-state index contributed by atoms with van der Waals surface area (Å²) in [5, 5.41) is 11.4. The molecule has 0 radical (unpaired) electrons. The van der Waals surface area contributed by atoms with Gasteiger partial charge in [-0.2, -0.15) is 5.01 Å². The number of hydrogen-bond donors (Lipinski definition) is 2. The molecule has 56 heavy (non-hydrogen) atoms. The van der Waals surface area contributed by atoms with Gasteiger partial charge in [0.15, 0.2) is 5.78 Å². The summed E-state index contributed by atoms with van der Waals surface area (Å²) < 4.78 is 20.1. The fraction of sp³-hybridized carbons (Fsp3) is 0.205. The lowest BCUT2D eigenvalue weighted by Crippen LogP contribution is -2.53. The summed E-state index contributed by atoms with van der Waals surface area (Å²) in [6.45, 7) is -0.417. The van der Waals surface area contributed by atoms with Gasteiger partial charge in [0.2, 0.25) is 11.8 Å². The lowest BCUT2D eigenvalue weighted by atomic mass is 9.50. The third-order valence-corrected chi connectivity index (χ3v) is 12.1. The van der Waals surface area contributed by atoms with Crippen LogP contribution in [-0.4, -0.2) is 39.5 Å². The predicted molar refractivity (Wildman–Crippen MR) is 202 cm³/mol. The Morgan fingerprint density at radius 3 is 2.20 bits per heavy atom. The van der Waals surface area contributed by atoms with Crippen molar-refractivity contribution in [2.75, 3.05) is 10.3 Å². The molecule has 6 atom stereocenters. The molecule has 2 saturated heterocycles. The number of aliphatic hydroxyl groups excluding tert-OH is 1. The zero-order valence-corrected chi connectivity index (χ0v) is 30.4. The molecule has 4 aliphatic rings. The molecule has 12 heteroatoms. The van der Waals surface area contributed by atoms with Gasteiger partial charge in [-0.25, -0.2) is 4.39 Å². The molecule has 0 bridgehead atoms. The number of allylic oxidation sites excluding steroid dienone is 2. The molecule has 2 aliphatic carbocycles. The summed E-state index contributed by atoms with van der Waals surface area (Å²) in [4.78, 5) is 73.0. The topological polar surface area (TPSA) is 137 Å². The number of rotatable bonds is 8. The first-order chi connectivity index (χ1) is 27.1. The van der Waals surface area contributed by atoms with E-state index in [1.165, 1.54) is 29.2 Å². The number of furan rings is 1. The van der Waals surface area contributed by atoms with Gasteiger partial charge in [0.05, 0.1) is 35.0 Å². The second-order valence-corrected chi connectivity index (χ2v) is 15.0. The zero-order chi connectivity index (χ0) is 38.9. The van der Waals surface area contributed by atoms with Crippen molar-refractivity contribution in [1.29, 1.82) is 0 Å². The van der Waals surface area contributed by atoms with E-state index in [0.717, 1.165) is 5.01 Å². The number of amides is 4. The summed E-state index contributed by atoms with van der Waals surface area (Å²) in [6.07, 6.45) is 2.13. The molecule has 2 aliphatic heterocycles. The van der Waals surface area contributed by atoms with Crippen LogP contribution in [-0.2, 0) is 31.2 Å². The highest BCUT2D eigenvalue weighted by Gasteiger charge is 2.71. The largest absolute Gasteiger partial charge is 0.463 e. The number of nitrogens with zero attached hydrogens (tertiary/aromatic N) is 2. The number of imide groups is 2. The van der Waals surface area contributed by atoms with E-state index >= 15 is 4.79 Å². The average molecular weight is 770 g/mol. The second-order valence-electron chi connectivity index (χ2n) is 14.6. The minimum Gasteiger partial charge on any atom is -0.463 e. The number of carbonyl (C=O) groups is 5. The van der Waals surface area contributed by atoms with Crippen LogP contribution < -0.4 is 10.3 Å². The summed E-state index contributed by atoms with van der Waals surface area (Å²) in [7, 11) is 0. The number of benzene rings is 4. The van der Waals surface area contributed by atoms with E-state index in [-0.39, 0.29) is 24.4 Å². The Morgan fingerprint density at radius 2 is 1.52 bits per heavy atom. The molecule has 280 valence electrons. The normalized spacial score (nSPS) is 25.5. The number of fused-ring (bicyclic) bond motifs is 4. The van der Waals surface area contributed by atoms with Crippen LogP contribution in [0.3, 0.4) is 0 Å². The third-order valence-electron chi connectivity index (χ3n) is 11.8. The van der Waals surface area contributed by atoms with E-state index in [1.54, 1.807) is 84.9 Å². The fourth-order valence-corrected chi connectivity index (χ4v) is 9.50. The van der Waals surface area contributed by atoms with Crippen molar-refractivity contribution in [1.82, 2.24) is 5.01 Å². The number of halogens is 2. The standard InChI is InChI=1S/C44H33ClFN3O7/c45-27-10-8-26(9-11-27)44-35(41(53)49(43(44)55)47-29-14-12-28(46)13-15-29)22-34-32(38(44)36-21-18-31(23-50)56-36)19-20-33-37(34)42(54)48(40(33)52)30-16-6-25(7-17-30)39(51)24-4-2-1-3-5-24/h1-19,21,33-35,37-38,47,50H,20,22-23H2. The highest BCUT2D eigenvalue weighted by Crippen LogP contribution is 2.64. The van der Waals surface area contributed by atoms with E-state index in [0.29, 0.717) is 44.4 Å². The van der Waals surface area contributed by atoms with Crippen molar-refractivity contribution in [2.45, 2.75) is 30.8 Å². The number of carbonyl (C=O) groups excluding carboxylic acids is 5. The molecule has 9 rings (SSSR count). The van der Waals surface area contributed by atoms with Crippen molar-refractivity contribution in [3.63, 3.8) is 0 Å². The SMILES string of the molecule is O=C(c1ccccc1)c1ccc(N2C(=O)C3CC=C4C(CC5C(=O)N(Nc6ccc(F)cc6)C(=O)C5(c5ccc(Cl)cc5)C4c4ccc(CO)o4)C3C2=O)cc1. The molecular formula is C44H33ClFN3O7. The maximum absolute atomic E-state index is 15.2. The number of hydrazine groups is 1. The zero-order valence-electron chi connectivity index (χ0n) is 29.6. The van der Waals surface area contributed by atoms with Gasteiger partial charge in [0.1, 0.15) is 29.4 Å². The number of ketones is 1. The molecule has 1 aromatic heterocycles. The fourth-order valence-electron chi connectivity index (χ4n) is 9.37. The molecular weight excluding hydrogens is 737 g/mol. The summed E-state index contributed by atoms with van der Waals surface area (Å²) in [5.74, 6) is -6.40. The number of aliphatic hydroxyl groups is 1. The minimum absolute atomic E-state index is 0.0449. The quantitative estimate of drug-likeness (QED) is 0.0980. The van der Waals surface area contributed by atoms with Gasteiger partial charge in [-0.1, -0.05) is 65.7 Å². The van der Waals surface area contributed by atoms with E-state index in [1.807, 2.05) is 12.1 Å². The highest BCUT2D eigenvalue weighted by atomic mass is 35.5. The van der Waals surface area contributed by atoms with E-state index < -0.39 is 71.1 Å². The minimum atomic E-state index is -1.61. The van der Waals surface area contributed by atoms with Gasteiger partial charge in [0.25, 0.3) is 11.8 Å². The van der Waals surface area contributed by atoms with Crippen LogP contribution in [0.25, 0.3) is 0 Å². The van der Waals surface area contributed by atoms with Crippen LogP contribution in [0, 0.1) is 29.5 Å². The van der Waals surface area contributed by atoms with Crippen LogP contribution in [0.15, 0.2) is 131 Å². The first-order valence-corrected chi connectivity index (χ1v) is 18.6. The first-order valence-electron chi connectivity index (χ1n) is 18.3. The lowest BCUT2D eigenvalue weighted by molar-refractivity contribution is -0.138. The van der Waals surface area contributed by atoms with Crippen LogP contribution in [0.4, 0.5) is 15.8 Å². The van der Waals surface area contributed by atoms with Crippen LogP contribution in [0.2, 0.25) is 5.02 Å². The van der Waals surface area contributed by atoms with Crippen LogP contribution >= 0.6 is 11.6 Å². The molecule has 2 N–H and O–H groups in total. The van der Waals surface area contributed by atoms with Crippen molar-refractivity contribution in [2.24, 2.45) is 23.7 Å². The monoisotopic (exact) mass is 769 g/mol. The highest BCUT2D eigenvalue weighted by molar-refractivity contribution is 6.30. The molecule has 3 fully saturated rings. The van der Waals surface area contributed by atoms with Gasteiger partial charge in [0, 0.05) is 16.1 Å². The molecule has 4 amide bonds. The molecule has 6 unspecified atom stereocenters. The maximum atomic E-state index is 15.2. The third kappa shape index (κ3) is 5.36. The lowest BCUT2D eigenvalue weighted by Gasteiger charge is -2.49. The molecule has 1 saturated carbocycles. The molecule has 10 nitrogen and oxygen atoms in total. The number of hydrogen-bond acceptors (Lipinski definition) is 8. The van der Waals surface area contributed by atoms with E-state index in [2.05, 4.69) is 5.43 Å². The van der Waals surface area contributed by atoms with E-state index in [4.69, 9.17) is 16.0 Å². The molecule has 5 aromatic rings. The maximum Gasteiger partial charge on any atom is 0.260 e.